The number of anilines is 2. The quantitative estimate of drug-likeness (QED) is 0.433. The maximum atomic E-state index is 13.3. The molecule has 2 aromatic carbocycles. The Morgan fingerprint density at radius 2 is 1.67 bits per heavy atom. The van der Waals surface area contributed by atoms with Crippen LogP contribution in [0.2, 0.25) is 0 Å². The number of esters is 1. The zero-order valence-corrected chi connectivity index (χ0v) is 19.0. The number of ether oxygens (including phenoxy) is 1. The number of nitrogen functional groups attached to an aromatic ring is 1. The molecule has 0 radical (unpaired) electrons. The molecule has 0 spiro atoms. The highest BCUT2D eigenvalue weighted by Gasteiger charge is 2.37. The molecule has 3 aliphatic carbocycles. The van der Waals surface area contributed by atoms with Gasteiger partial charge >= 0.3 is 5.97 Å². The number of fused-ring (bicyclic) bond motifs is 3. The van der Waals surface area contributed by atoms with Gasteiger partial charge in [-0.05, 0) is 44.1 Å². The van der Waals surface area contributed by atoms with Crippen LogP contribution in [0.1, 0.15) is 94.1 Å². The second-order valence-corrected chi connectivity index (χ2v) is 9.51. The number of benzene rings is 2. The number of carbonyl (C=O) groups is 3. The van der Waals surface area contributed by atoms with Crippen LogP contribution in [0.15, 0.2) is 30.3 Å². The van der Waals surface area contributed by atoms with Gasteiger partial charge in [-0.25, -0.2) is 4.79 Å². The largest absolute Gasteiger partial charge is 0.459 e. The summed E-state index contributed by atoms with van der Waals surface area (Å²) in [5.74, 6) is 0.256. The molecule has 6 nitrogen and oxygen atoms in total. The summed E-state index contributed by atoms with van der Waals surface area (Å²) < 4.78 is 5.92. The standard InChI is InChI=1S/C27H30N2O4/c1-2-29-21-14-20(27(32)33-17-12-11-15-7-3-4-8-16(15)13-17)24(28)23-22(21)25(30)18-9-5-6-10-19(18)26(23)31/h5-6,9-10,14-17,29H,2-4,7-8,11-13,28H2,1H3. The second kappa shape index (κ2) is 8.65. The van der Waals surface area contributed by atoms with Crippen molar-refractivity contribution in [2.45, 2.75) is 58.0 Å². The predicted octanol–water partition coefficient (Wildman–Crippen LogP) is 4.99. The lowest BCUT2D eigenvalue weighted by molar-refractivity contribution is -0.000833. The summed E-state index contributed by atoms with van der Waals surface area (Å²) in [6.45, 7) is 2.42. The molecule has 0 bridgehead atoms. The molecule has 0 aromatic heterocycles. The van der Waals surface area contributed by atoms with Gasteiger partial charge in [0.1, 0.15) is 6.10 Å². The van der Waals surface area contributed by atoms with Crippen LogP contribution in [-0.2, 0) is 4.74 Å². The Labute approximate surface area is 193 Å². The third-order valence-electron chi connectivity index (χ3n) is 7.59. The first-order valence-corrected chi connectivity index (χ1v) is 12.1. The van der Waals surface area contributed by atoms with Crippen LogP contribution in [0.5, 0.6) is 0 Å². The van der Waals surface area contributed by atoms with Gasteiger partial charge in [0.15, 0.2) is 11.6 Å². The average Bonchev–Trinajstić information content (AvgIpc) is 2.83. The van der Waals surface area contributed by atoms with Gasteiger partial charge in [-0.3, -0.25) is 9.59 Å². The maximum Gasteiger partial charge on any atom is 0.340 e. The molecule has 2 saturated carbocycles. The van der Waals surface area contributed by atoms with E-state index in [0.717, 1.165) is 25.2 Å². The van der Waals surface area contributed by atoms with Crippen molar-refractivity contribution in [3.63, 3.8) is 0 Å². The summed E-state index contributed by atoms with van der Waals surface area (Å²) in [4.78, 5) is 39.9. The highest BCUT2D eigenvalue weighted by Crippen LogP contribution is 2.42. The second-order valence-electron chi connectivity index (χ2n) is 9.51. The van der Waals surface area contributed by atoms with Crippen molar-refractivity contribution in [3.8, 4) is 0 Å². The van der Waals surface area contributed by atoms with Gasteiger partial charge < -0.3 is 15.8 Å². The Bertz CT molecular complexity index is 1140. The molecule has 172 valence electrons. The van der Waals surface area contributed by atoms with Crippen molar-refractivity contribution in [2.75, 3.05) is 17.6 Å². The van der Waals surface area contributed by atoms with Crippen LogP contribution < -0.4 is 11.1 Å². The van der Waals surface area contributed by atoms with E-state index in [0.29, 0.717) is 29.3 Å². The zero-order chi connectivity index (χ0) is 23.1. The molecule has 5 rings (SSSR count). The smallest absolute Gasteiger partial charge is 0.340 e. The lowest BCUT2D eigenvalue weighted by atomic mass is 9.70. The maximum absolute atomic E-state index is 13.3. The fourth-order valence-corrected chi connectivity index (χ4v) is 5.97. The summed E-state index contributed by atoms with van der Waals surface area (Å²) in [5, 5.41) is 3.14. The first-order valence-electron chi connectivity index (χ1n) is 12.1. The Balaban J connectivity index is 1.49. The monoisotopic (exact) mass is 446 g/mol. The van der Waals surface area contributed by atoms with Crippen LogP contribution in [0.25, 0.3) is 0 Å². The Kier molecular flexibility index (Phi) is 5.69. The first kappa shape index (κ1) is 21.7. The predicted molar refractivity (Wildman–Crippen MR) is 127 cm³/mol. The number of nitrogens with two attached hydrogens (primary N) is 1. The number of ketones is 2. The molecule has 6 heteroatoms. The number of hydrogen-bond acceptors (Lipinski definition) is 6. The van der Waals surface area contributed by atoms with E-state index in [1.54, 1.807) is 30.3 Å². The molecule has 33 heavy (non-hydrogen) atoms. The lowest BCUT2D eigenvalue weighted by Crippen LogP contribution is -2.33. The van der Waals surface area contributed by atoms with Crippen LogP contribution >= 0.6 is 0 Å². The third kappa shape index (κ3) is 3.71. The van der Waals surface area contributed by atoms with E-state index in [1.165, 1.54) is 25.7 Å². The van der Waals surface area contributed by atoms with Gasteiger partial charge in [-0.15, -0.1) is 0 Å². The van der Waals surface area contributed by atoms with E-state index >= 15 is 0 Å². The fourth-order valence-electron chi connectivity index (χ4n) is 5.97. The van der Waals surface area contributed by atoms with E-state index in [2.05, 4.69) is 5.32 Å². The number of carbonyl (C=O) groups excluding carboxylic acids is 3. The van der Waals surface area contributed by atoms with Crippen molar-refractivity contribution in [1.82, 2.24) is 0 Å². The van der Waals surface area contributed by atoms with E-state index in [9.17, 15) is 14.4 Å². The van der Waals surface area contributed by atoms with E-state index in [4.69, 9.17) is 10.5 Å². The molecular formula is C27H30N2O4. The van der Waals surface area contributed by atoms with Gasteiger partial charge in [-0.2, -0.15) is 0 Å². The minimum Gasteiger partial charge on any atom is -0.459 e. The molecule has 0 amide bonds. The SMILES string of the molecule is CCNc1cc(C(=O)OC2CCC3CCCCC3C2)c(N)c2c1C(=O)c1ccccc1C2=O. The summed E-state index contributed by atoms with van der Waals surface area (Å²) in [7, 11) is 0. The molecule has 3 aliphatic rings. The van der Waals surface area contributed by atoms with Crippen LogP contribution in [0.3, 0.4) is 0 Å². The minimum atomic E-state index is -0.521. The lowest BCUT2D eigenvalue weighted by Gasteiger charge is -2.38. The Morgan fingerprint density at radius 1 is 1.00 bits per heavy atom. The summed E-state index contributed by atoms with van der Waals surface area (Å²) in [6.07, 6.45) is 7.77. The molecule has 3 N–H and O–H groups in total. The topological polar surface area (TPSA) is 98.5 Å². The summed E-state index contributed by atoms with van der Waals surface area (Å²) >= 11 is 0. The van der Waals surface area contributed by atoms with Crippen LogP contribution in [-0.4, -0.2) is 30.2 Å². The average molecular weight is 447 g/mol. The van der Waals surface area contributed by atoms with Crippen molar-refractivity contribution < 1.29 is 19.1 Å². The molecular weight excluding hydrogens is 416 g/mol. The van der Waals surface area contributed by atoms with Crippen molar-refractivity contribution in [3.05, 3.63) is 58.1 Å². The Hall–Kier alpha value is -3.15. The van der Waals surface area contributed by atoms with Gasteiger partial charge in [-0.1, -0.05) is 49.9 Å². The molecule has 0 saturated heterocycles. The minimum absolute atomic E-state index is 0.0239. The van der Waals surface area contributed by atoms with Crippen molar-refractivity contribution in [2.24, 2.45) is 11.8 Å². The first-order chi connectivity index (χ1) is 16.0. The number of rotatable bonds is 4. The van der Waals surface area contributed by atoms with Gasteiger partial charge in [0, 0.05) is 23.4 Å². The van der Waals surface area contributed by atoms with Crippen molar-refractivity contribution in [1.29, 1.82) is 0 Å². The normalized spacial score (nSPS) is 23.8. The molecule has 3 unspecified atom stereocenters. The van der Waals surface area contributed by atoms with Crippen LogP contribution in [0, 0.1) is 11.8 Å². The van der Waals surface area contributed by atoms with Crippen molar-refractivity contribution >= 4 is 28.9 Å². The molecule has 3 atom stereocenters. The highest BCUT2D eigenvalue weighted by atomic mass is 16.5. The third-order valence-corrected chi connectivity index (χ3v) is 7.59. The fraction of sp³-hybridized carbons (Fsp3) is 0.444. The summed E-state index contributed by atoms with van der Waals surface area (Å²) in [6, 6.07) is 8.30. The number of nitrogens with one attached hydrogen (secondary N) is 1. The van der Waals surface area contributed by atoms with E-state index in [1.807, 2.05) is 6.92 Å². The van der Waals surface area contributed by atoms with E-state index in [-0.39, 0.29) is 40.0 Å². The molecule has 2 aromatic rings. The molecule has 2 fully saturated rings. The van der Waals surface area contributed by atoms with E-state index < -0.39 is 5.97 Å². The summed E-state index contributed by atoms with van der Waals surface area (Å²) in [5.41, 5.74) is 8.00. The zero-order valence-electron chi connectivity index (χ0n) is 19.0. The number of hydrogen-bond donors (Lipinski definition) is 2. The molecule has 0 heterocycles. The Morgan fingerprint density at radius 3 is 2.36 bits per heavy atom. The van der Waals surface area contributed by atoms with Gasteiger partial charge in [0.25, 0.3) is 0 Å². The highest BCUT2D eigenvalue weighted by molar-refractivity contribution is 6.32. The van der Waals surface area contributed by atoms with Gasteiger partial charge in [0.05, 0.1) is 22.4 Å². The van der Waals surface area contributed by atoms with Crippen LogP contribution in [0.4, 0.5) is 11.4 Å². The molecule has 0 aliphatic heterocycles. The van der Waals surface area contributed by atoms with Gasteiger partial charge in [0.2, 0.25) is 0 Å².